The van der Waals surface area contributed by atoms with Crippen LogP contribution in [0.15, 0.2) is 60.7 Å². The first-order valence-corrected chi connectivity index (χ1v) is 9.92. The van der Waals surface area contributed by atoms with Crippen molar-refractivity contribution in [2.45, 2.75) is 19.4 Å². The molecular weight excluding hydrogens is 404 g/mol. The van der Waals surface area contributed by atoms with Gasteiger partial charge in [0.15, 0.2) is 0 Å². The van der Waals surface area contributed by atoms with Crippen molar-refractivity contribution in [2.75, 3.05) is 11.4 Å². The van der Waals surface area contributed by atoms with Gasteiger partial charge in [-0.15, -0.1) is 0 Å². The van der Waals surface area contributed by atoms with Gasteiger partial charge in [0.2, 0.25) is 5.91 Å². The molecule has 1 saturated heterocycles. The average Bonchev–Trinajstić information content (AvgIpc) is 3.19. The summed E-state index contributed by atoms with van der Waals surface area (Å²) in [6.07, 6.45) is 1.22. The van der Waals surface area contributed by atoms with Gasteiger partial charge in [0.25, 0.3) is 0 Å². The van der Waals surface area contributed by atoms with Crippen molar-refractivity contribution in [2.24, 2.45) is 0 Å². The molecule has 0 radical (unpaired) electrons. The number of carbonyl (C=O) groups is 2. The second-order valence-electron chi connectivity index (χ2n) is 6.94. The predicted octanol–water partition coefficient (Wildman–Crippen LogP) is 4.81. The molecule has 2 aromatic carbocycles. The summed E-state index contributed by atoms with van der Waals surface area (Å²) in [6.45, 7) is 0.912. The summed E-state index contributed by atoms with van der Waals surface area (Å²) >= 11 is 6.32. The van der Waals surface area contributed by atoms with Crippen LogP contribution < -0.4 is 9.64 Å². The highest BCUT2D eigenvalue weighted by Crippen LogP contribution is 2.36. The lowest BCUT2D eigenvalue weighted by Gasteiger charge is -2.20. The molecule has 1 aromatic heterocycles. The van der Waals surface area contributed by atoms with Crippen LogP contribution in [0.4, 0.5) is 5.69 Å². The van der Waals surface area contributed by atoms with Gasteiger partial charge in [-0.05, 0) is 36.2 Å². The number of carbonyl (C=O) groups excluding carboxylic acids is 1. The smallest absolute Gasteiger partial charge is 0.354 e. The molecule has 0 saturated carbocycles. The second-order valence-corrected chi connectivity index (χ2v) is 7.34. The molecule has 0 spiro atoms. The van der Waals surface area contributed by atoms with E-state index in [0.717, 1.165) is 12.0 Å². The molecule has 2 heterocycles. The van der Waals surface area contributed by atoms with E-state index in [1.165, 1.54) is 6.07 Å². The van der Waals surface area contributed by atoms with E-state index in [-0.39, 0.29) is 11.6 Å². The van der Waals surface area contributed by atoms with E-state index in [4.69, 9.17) is 16.3 Å². The maximum atomic E-state index is 12.3. The van der Waals surface area contributed by atoms with Gasteiger partial charge < -0.3 is 14.7 Å². The second kappa shape index (κ2) is 8.55. The van der Waals surface area contributed by atoms with Crippen LogP contribution in [-0.2, 0) is 11.4 Å². The molecule has 0 aliphatic carbocycles. The number of hydrogen-bond acceptors (Lipinski definition) is 4. The van der Waals surface area contributed by atoms with Crippen LogP contribution in [0.3, 0.4) is 0 Å². The summed E-state index contributed by atoms with van der Waals surface area (Å²) in [7, 11) is 0. The van der Waals surface area contributed by atoms with Gasteiger partial charge in [-0.2, -0.15) is 0 Å². The fraction of sp³-hybridized carbons (Fsp3) is 0.174. The zero-order chi connectivity index (χ0) is 21.1. The van der Waals surface area contributed by atoms with Crippen molar-refractivity contribution >= 4 is 29.2 Å². The number of aromatic carboxylic acids is 1. The average molecular weight is 423 g/mol. The molecule has 4 rings (SSSR count). The molecule has 6 nitrogen and oxygen atoms in total. The number of ether oxygens (including phenoxy) is 1. The third kappa shape index (κ3) is 4.14. The van der Waals surface area contributed by atoms with Crippen molar-refractivity contribution in [3.63, 3.8) is 0 Å². The van der Waals surface area contributed by atoms with E-state index in [1.54, 1.807) is 29.2 Å². The number of aromatic nitrogens is 1. The Morgan fingerprint density at radius 1 is 1.13 bits per heavy atom. The number of pyridine rings is 1. The van der Waals surface area contributed by atoms with Crippen LogP contribution in [0.25, 0.3) is 11.3 Å². The topological polar surface area (TPSA) is 79.7 Å². The van der Waals surface area contributed by atoms with Gasteiger partial charge in [-0.1, -0.05) is 48.0 Å². The predicted molar refractivity (Wildman–Crippen MR) is 114 cm³/mol. The zero-order valence-electron chi connectivity index (χ0n) is 16.0. The number of halogens is 1. The third-order valence-corrected chi connectivity index (χ3v) is 5.21. The van der Waals surface area contributed by atoms with Crippen LogP contribution in [-0.4, -0.2) is 28.5 Å². The number of rotatable bonds is 6. The van der Waals surface area contributed by atoms with E-state index in [0.29, 0.717) is 47.3 Å². The lowest BCUT2D eigenvalue weighted by molar-refractivity contribution is -0.117. The SMILES string of the molecule is O=C(O)c1ccc(N2CCCC2=O)c(-c2ccc(Cl)c(OCc3ccccc3)c2)n1. The summed E-state index contributed by atoms with van der Waals surface area (Å²) < 4.78 is 5.89. The molecule has 1 aliphatic heterocycles. The van der Waals surface area contributed by atoms with E-state index < -0.39 is 5.97 Å². The summed E-state index contributed by atoms with van der Waals surface area (Å²) in [5, 5.41) is 9.82. The van der Waals surface area contributed by atoms with Crippen molar-refractivity contribution < 1.29 is 19.4 Å². The molecule has 1 aliphatic rings. The first-order valence-electron chi connectivity index (χ1n) is 9.54. The van der Waals surface area contributed by atoms with E-state index in [2.05, 4.69) is 4.98 Å². The first-order chi connectivity index (χ1) is 14.5. The Hall–Kier alpha value is -3.38. The summed E-state index contributed by atoms with van der Waals surface area (Å²) in [4.78, 5) is 29.7. The number of nitrogens with zero attached hydrogens (tertiary/aromatic N) is 2. The number of benzene rings is 2. The van der Waals surface area contributed by atoms with E-state index in [9.17, 15) is 14.7 Å². The van der Waals surface area contributed by atoms with E-state index in [1.807, 2.05) is 30.3 Å². The molecule has 3 aromatic rings. The molecule has 1 N–H and O–H groups in total. The third-order valence-electron chi connectivity index (χ3n) is 4.90. The Bertz CT molecular complexity index is 1100. The number of hydrogen-bond donors (Lipinski definition) is 1. The highest BCUT2D eigenvalue weighted by molar-refractivity contribution is 6.32. The fourth-order valence-corrected chi connectivity index (χ4v) is 3.57. The molecular formula is C23H19ClN2O4. The lowest BCUT2D eigenvalue weighted by atomic mass is 10.1. The minimum absolute atomic E-state index is 0.00404. The molecule has 1 amide bonds. The zero-order valence-corrected chi connectivity index (χ0v) is 16.8. The van der Waals surface area contributed by atoms with Gasteiger partial charge in [0, 0.05) is 18.5 Å². The number of anilines is 1. The summed E-state index contributed by atoms with van der Waals surface area (Å²) in [5.41, 5.74) is 2.51. The van der Waals surface area contributed by atoms with Crippen molar-refractivity contribution in [3.05, 3.63) is 76.9 Å². The number of carboxylic acids is 1. The standard InChI is InChI=1S/C23H19ClN2O4/c24-17-9-8-16(13-20(17)30-14-15-5-2-1-3-6-15)22-19(26-12-4-7-21(26)27)11-10-18(25-22)23(28)29/h1-3,5-6,8-11,13H,4,7,12,14H2,(H,28,29). The molecule has 152 valence electrons. The molecule has 7 heteroatoms. The van der Waals surface area contributed by atoms with Gasteiger partial charge in [-0.25, -0.2) is 9.78 Å². The van der Waals surface area contributed by atoms with Crippen LogP contribution in [0.2, 0.25) is 5.02 Å². The highest BCUT2D eigenvalue weighted by atomic mass is 35.5. The summed E-state index contributed by atoms with van der Waals surface area (Å²) in [6, 6.07) is 17.9. The molecule has 30 heavy (non-hydrogen) atoms. The molecule has 0 unspecified atom stereocenters. The highest BCUT2D eigenvalue weighted by Gasteiger charge is 2.26. The van der Waals surface area contributed by atoms with Crippen molar-refractivity contribution in [1.82, 2.24) is 4.98 Å². The number of amides is 1. The largest absolute Gasteiger partial charge is 0.487 e. The van der Waals surface area contributed by atoms with Crippen LogP contribution >= 0.6 is 11.6 Å². The lowest BCUT2D eigenvalue weighted by Crippen LogP contribution is -2.25. The first kappa shape index (κ1) is 19.9. The maximum absolute atomic E-state index is 12.3. The minimum Gasteiger partial charge on any atom is -0.487 e. The Labute approximate surface area is 178 Å². The minimum atomic E-state index is -1.13. The van der Waals surface area contributed by atoms with Crippen LogP contribution in [0.1, 0.15) is 28.9 Å². The Balaban J connectivity index is 1.72. The maximum Gasteiger partial charge on any atom is 0.354 e. The van der Waals surface area contributed by atoms with Crippen molar-refractivity contribution in [1.29, 1.82) is 0 Å². The Kier molecular flexibility index (Phi) is 5.68. The van der Waals surface area contributed by atoms with Gasteiger partial charge in [0.1, 0.15) is 18.1 Å². The Morgan fingerprint density at radius 3 is 2.63 bits per heavy atom. The van der Waals surface area contributed by atoms with Gasteiger partial charge in [0.05, 0.1) is 16.4 Å². The monoisotopic (exact) mass is 422 g/mol. The van der Waals surface area contributed by atoms with Crippen LogP contribution in [0.5, 0.6) is 5.75 Å². The Morgan fingerprint density at radius 2 is 1.93 bits per heavy atom. The molecule has 0 atom stereocenters. The van der Waals surface area contributed by atoms with Crippen molar-refractivity contribution in [3.8, 4) is 17.0 Å². The fourth-order valence-electron chi connectivity index (χ4n) is 3.40. The quantitative estimate of drug-likeness (QED) is 0.616. The van der Waals surface area contributed by atoms with Gasteiger partial charge in [-0.3, -0.25) is 4.79 Å². The van der Waals surface area contributed by atoms with E-state index >= 15 is 0 Å². The normalized spacial score (nSPS) is 13.5. The number of carboxylic acid groups (broad SMARTS) is 1. The van der Waals surface area contributed by atoms with Gasteiger partial charge >= 0.3 is 5.97 Å². The molecule has 0 bridgehead atoms. The molecule has 1 fully saturated rings. The van der Waals surface area contributed by atoms with Crippen LogP contribution in [0, 0.1) is 0 Å². The summed E-state index contributed by atoms with van der Waals surface area (Å²) in [5.74, 6) is -0.681.